The quantitative estimate of drug-likeness (QED) is 0.463. The number of nitrogens with zero attached hydrogens (tertiary/aromatic N) is 5. The molecule has 0 saturated carbocycles. The molecule has 0 bridgehead atoms. The lowest BCUT2D eigenvalue weighted by Crippen LogP contribution is -2.59. The van der Waals surface area contributed by atoms with E-state index in [2.05, 4.69) is 5.32 Å². The molecule has 0 spiro atoms. The van der Waals surface area contributed by atoms with Crippen molar-refractivity contribution in [3.8, 4) is 0 Å². The number of hydroxylamine groups is 1. The third-order valence-corrected chi connectivity index (χ3v) is 8.01. The first-order chi connectivity index (χ1) is 19.0. The van der Waals surface area contributed by atoms with E-state index in [1.165, 1.54) is 7.05 Å². The van der Waals surface area contributed by atoms with Crippen LogP contribution in [0.25, 0.3) is 0 Å². The van der Waals surface area contributed by atoms with Crippen LogP contribution in [0.15, 0.2) is 33.9 Å². The summed E-state index contributed by atoms with van der Waals surface area (Å²) < 4.78 is 47.8. The summed E-state index contributed by atoms with van der Waals surface area (Å²) in [6.07, 6.45) is -5.70. The molecule has 3 aliphatic heterocycles. The molecule has 40 heavy (non-hydrogen) atoms. The summed E-state index contributed by atoms with van der Waals surface area (Å²) in [5, 5.41) is 4.45. The fraction of sp³-hybridized carbons (Fsp3) is 0.560. The van der Waals surface area contributed by atoms with E-state index >= 15 is 0 Å². The van der Waals surface area contributed by atoms with E-state index in [4.69, 9.17) is 21.2 Å². The van der Waals surface area contributed by atoms with Crippen molar-refractivity contribution in [3.63, 3.8) is 0 Å². The van der Waals surface area contributed by atoms with Crippen molar-refractivity contribution in [2.45, 2.75) is 44.9 Å². The van der Waals surface area contributed by atoms with Gasteiger partial charge in [0.25, 0.3) is 5.56 Å². The molecule has 3 unspecified atom stereocenters. The minimum absolute atomic E-state index is 0.00235. The van der Waals surface area contributed by atoms with Gasteiger partial charge in [-0.15, -0.1) is 5.06 Å². The molecule has 15 heteroatoms. The van der Waals surface area contributed by atoms with Gasteiger partial charge in [0, 0.05) is 44.4 Å². The molecule has 5 rings (SSSR count). The third-order valence-electron chi connectivity index (χ3n) is 7.64. The maximum atomic E-state index is 13.9. The van der Waals surface area contributed by atoms with E-state index in [1.807, 2.05) is 4.90 Å². The molecule has 2 saturated heterocycles. The Morgan fingerprint density at radius 3 is 2.65 bits per heavy atom. The Bertz CT molecular complexity index is 1400. The Morgan fingerprint density at radius 2 is 1.95 bits per heavy atom. The monoisotopic (exact) mass is 586 g/mol. The Balaban J connectivity index is 1.71. The van der Waals surface area contributed by atoms with Gasteiger partial charge in [-0.2, -0.15) is 13.2 Å². The van der Waals surface area contributed by atoms with E-state index in [-0.39, 0.29) is 43.2 Å². The van der Waals surface area contributed by atoms with Crippen molar-refractivity contribution in [2.24, 2.45) is 13.0 Å². The molecule has 1 N–H and O–H groups in total. The van der Waals surface area contributed by atoms with Crippen LogP contribution in [-0.2, 0) is 34.5 Å². The van der Waals surface area contributed by atoms with Gasteiger partial charge in [-0.25, -0.2) is 9.59 Å². The van der Waals surface area contributed by atoms with Gasteiger partial charge in [-0.1, -0.05) is 29.8 Å². The highest BCUT2D eigenvalue weighted by atomic mass is 35.5. The molecule has 0 aliphatic carbocycles. The summed E-state index contributed by atoms with van der Waals surface area (Å²) in [5.41, 5.74) is -0.996. The topological polar surface area (TPSA) is 101 Å². The van der Waals surface area contributed by atoms with Crippen molar-refractivity contribution in [1.29, 1.82) is 0 Å². The number of anilines is 2. The van der Waals surface area contributed by atoms with Gasteiger partial charge >= 0.3 is 17.8 Å². The van der Waals surface area contributed by atoms with E-state index in [9.17, 15) is 27.6 Å². The van der Waals surface area contributed by atoms with Gasteiger partial charge < -0.3 is 19.8 Å². The molecule has 1 aromatic carbocycles. The number of ether oxygens (including phenoxy) is 1. The molecule has 218 valence electrons. The second kappa shape index (κ2) is 11.1. The van der Waals surface area contributed by atoms with Crippen LogP contribution in [0, 0.1) is 5.92 Å². The lowest BCUT2D eigenvalue weighted by molar-refractivity contribution is -0.203. The van der Waals surface area contributed by atoms with Gasteiger partial charge in [0.05, 0.1) is 13.2 Å². The summed E-state index contributed by atoms with van der Waals surface area (Å²) in [7, 11) is 1.33. The number of hydrogen-bond acceptors (Lipinski definition) is 9. The summed E-state index contributed by atoms with van der Waals surface area (Å²) in [5.74, 6) is -2.49. The first-order valence-electron chi connectivity index (χ1n) is 13.0. The standard InChI is InChI=1S/C25H30ClF3N6O5/c1-3-39-11-10-33-21(36)19-20(31(2)24(33)38)35(40-22(37)25(27,28)29)23(32-9-8-15-12-30-13-18(15)32)34(19)14-16-6-4-5-7-17(16)26/h4-7,15,18,23,30H,3,8-14H2,1-2H3. The molecular formula is C25H30ClF3N6O5. The minimum Gasteiger partial charge on any atom is -0.380 e. The van der Waals surface area contributed by atoms with E-state index in [1.54, 1.807) is 36.1 Å². The lowest BCUT2D eigenvalue weighted by atomic mass is 10.1. The maximum Gasteiger partial charge on any atom is 0.493 e. The molecule has 3 atom stereocenters. The van der Waals surface area contributed by atoms with Crippen LogP contribution in [0.1, 0.15) is 18.9 Å². The van der Waals surface area contributed by atoms with Crippen molar-refractivity contribution in [1.82, 2.24) is 19.4 Å². The molecule has 2 fully saturated rings. The molecule has 2 aromatic rings. The number of fused-ring (bicyclic) bond motifs is 2. The van der Waals surface area contributed by atoms with Crippen molar-refractivity contribution >= 4 is 29.1 Å². The number of rotatable bonds is 8. The molecule has 4 heterocycles. The number of aromatic nitrogens is 2. The number of benzene rings is 1. The van der Waals surface area contributed by atoms with Gasteiger partial charge in [-0.3, -0.25) is 18.8 Å². The normalized spacial score (nSPS) is 22.6. The summed E-state index contributed by atoms with van der Waals surface area (Å²) in [6.45, 7) is 3.91. The van der Waals surface area contributed by atoms with Crippen molar-refractivity contribution < 1.29 is 27.5 Å². The second-order valence-corrected chi connectivity index (χ2v) is 10.4. The van der Waals surface area contributed by atoms with Crippen LogP contribution in [0.5, 0.6) is 0 Å². The number of alkyl halides is 3. The highest BCUT2D eigenvalue weighted by Crippen LogP contribution is 2.43. The number of carbonyl (C=O) groups excluding carboxylic acids is 1. The smallest absolute Gasteiger partial charge is 0.380 e. The second-order valence-electron chi connectivity index (χ2n) is 9.95. The van der Waals surface area contributed by atoms with Crippen molar-refractivity contribution in [3.05, 3.63) is 55.7 Å². The van der Waals surface area contributed by atoms with E-state index in [0.717, 1.165) is 27.2 Å². The minimum atomic E-state index is -5.31. The average Bonchev–Trinajstić information content (AvgIpc) is 3.60. The molecule has 0 amide bonds. The van der Waals surface area contributed by atoms with Gasteiger partial charge in [0.15, 0.2) is 17.8 Å². The fourth-order valence-electron chi connectivity index (χ4n) is 5.78. The Morgan fingerprint density at radius 1 is 1.20 bits per heavy atom. The zero-order valence-corrected chi connectivity index (χ0v) is 22.7. The van der Waals surface area contributed by atoms with E-state index < -0.39 is 29.7 Å². The number of halogens is 4. The van der Waals surface area contributed by atoms with Crippen LogP contribution in [-0.4, -0.2) is 71.4 Å². The molecular weight excluding hydrogens is 557 g/mol. The molecule has 11 nitrogen and oxygen atoms in total. The molecule has 3 aliphatic rings. The maximum absolute atomic E-state index is 13.9. The molecule has 1 aromatic heterocycles. The first-order valence-corrected chi connectivity index (χ1v) is 13.4. The number of likely N-dealkylation sites (tertiary alicyclic amines) is 1. The predicted octanol–water partition coefficient (Wildman–Crippen LogP) is 1.66. The first kappa shape index (κ1) is 28.5. The van der Waals surface area contributed by atoms with Crippen LogP contribution in [0.3, 0.4) is 0 Å². The van der Waals surface area contributed by atoms with Crippen LogP contribution >= 0.6 is 11.6 Å². The predicted molar refractivity (Wildman–Crippen MR) is 140 cm³/mol. The highest BCUT2D eigenvalue weighted by Gasteiger charge is 2.54. The van der Waals surface area contributed by atoms with Crippen LogP contribution in [0.4, 0.5) is 24.7 Å². The SMILES string of the molecule is CCOCCn1c(=O)c2c(n(C)c1=O)N(OC(=O)C(F)(F)F)C(N1CCC3CNCC31)N2Cc1ccccc1Cl. The number of carbonyl (C=O) groups is 1. The van der Waals surface area contributed by atoms with Crippen LogP contribution in [0.2, 0.25) is 5.02 Å². The molecule has 0 radical (unpaired) electrons. The average molecular weight is 587 g/mol. The zero-order valence-electron chi connectivity index (χ0n) is 22.0. The Hall–Kier alpha value is -3.07. The van der Waals surface area contributed by atoms with Gasteiger partial charge in [0.2, 0.25) is 0 Å². The largest absolute Gasteiger partial charge is 0.493 e. The lowest BCUT2D eigenvalue weighted by Gasteiger charge is -2.39. The van der Waals surface area contributed by atoms with Crippen LogP contribution < -0.4 is 26.5 Å². The van der Waals surface area contributed by atoms with E-state index in [0.29, 0.717) is 30.3 Å². The third kappa shape index (κ3) is 4.97. The number of hydrogen-bond donors (Lipinski definition) is 1. The summed E-state index contributed by atoms with van der Waals surface area (Å²) in [6, 6.07) is 6.79. The van der Waals surface area contributed by atoms with Crippen molar-refractivity contribution in [2.75, 3.05) is 42.8 Å². The highest BCUT2D eigenvalue weighted by molar-refractivity contribution is 6.31. The number of nitrogens with one attached hydrogen (secondary N) is 1. The Kier molecular flexibility index (Phi) is 7.88. The van der Waals surface area contributed by atoms with Gasteiger partial charge in [-0.05, 0) is 37.4 Å². The summed E-state index contributed by atoms with van der Waals surface area (Å²) in [4.78, 5) is 48.0. The zero-order chi connectivity index (χ0) is 28.8. The Labute approximate surface area is 232 Å². The van der Waals surface area contributed by atoms with Gasteiger partial charge in [0.1, 0.15) is 0 Å². The summed E-state index contributed by atoms with van der Waals surface area (Å²) >= 11 is 6.47. The fourth-order valence-corrected chi connectivity index (χ4v) is 5.97.